The van der Waals surface area contributed by atoms with Crippen LogP contribution < -0.4 is 0 Å². The third-order valence-corrected chi connectivity index (χ3v) is 2.13. The van der Waals surface area contributed by atoms with Gasteiger partial charge in [-0.25, -0.2) is 0 Å². The van der Waals surface area contributed by atoms with Crippen LogP contribution in [0, 0.1) is 5.41 Å². The Balaban J connectivity index is 2.45. The molecule has 1 atom stereocenters. The van der Waals surface area contributed by atoms with Gasteiger partial charge in [-0.15, -0.1) is 0 Å². The molecule has 0 amide bonds. The monoisotopic (exact) mass is 129 g/mol. The molecule has 0 spiro atoms. The zero-order valence-electron chi connectivity index (χ0n) is 6.22. The van der Waals surface area contributed by atoms with Crippen molar-refractivity contribution in [2.24, 2.45) is 5.41 Å². The molecule has 2 heteroatoms. The van der Waals surface area contributed by atoms with Gasteiger partial charge < -0.3 is 10.0 Å². The summed E-state index contributed by atoms with van der Waals surface area (Å²) in [7, 11) is 2.10. The van der Waals surface area contributed by atoms with Crippen molar-refractivity contribution >= 4 is 0 Å². The summed E-state index contributed by atoms with van der Waals surface area (Å²) in [6, 6.07) is 0. The predicted molar refractivity (Wildman–Crippen MR) is 37.3 cm³/mol. The zero-order valence-corrected chi connectivity index (χ0v) is 6.22. The fraction of sp³-hybridized carbons (Fsp3) is 1.00. The third kappa shape index (κ3) is 1.43. The minimum absolute atomic E-state index is 0.189. The lowest BCUT2D eigenvalue weighted by Crippen LogP contribution is -2.25. The van der Waals surface area contributed by atoms with E-state index in [-0.39, 0.29) is 5.41 Å². The minimum Gasteiger partial charge on any atom is -0.396 e. The molecule has 1 heterocycles. The lowest BCUT2D eigenvalue weighted by atomic mass is 9.91. The molecular weight excluding hydrogens is 114 g/mol. The van der Waals surface area contributed by atoms with E-state index in [0.717, 1.165) is 19.5 Å². The number of nitrogens with zero attached hydrogens (tertiary/aromatic N) is 1. The van der Waals surface area contributed by atoms with Crippen LogP contribution in [0.1, 0.15) is 13.3 Å². The molecule has 1 N–H and O–H groups in total. The Hall–Kier alpha value is -0.0800. The first-order valence-electron chi connectivity index (χ1n) is 3.46. The van der Waals surface area contributed by atoms with Crippen molar-refractivity contribution in [3.63, 3.8) is 0 Å². The van der Waals surface area contributed by atoms with Gasteiger partial charge in [-0.3, -0.25) is 0 Å². The third-order valence-electron chi connectivity index (χ3n) is 2.13. The maximum Gasteiger partial charge on any atom is 0.0497 e. The van der Waals surface area contributed by atoms with Gasteiger partial charge in [-0.1, -0.05) is 6.92 Å². The Bertz CT molecular complexity index is 105. The van der Waals surface area contributed by atoms with E-state index in [1.165, 1.54) is 0 Å². The summed E-state index contributed by atoms with van der Waals surface area (Å²) in [5.41, 5.74) is 0.189. The largest absolute Gasteiger partial charge is 0.396 e. The number of aliphatic hydroxyl groups excluding tert-OH is 1. The molecule has 1 saturated heterocycles. The van der Waals surface area contributed by atoms with E-state index in [1.54, 1.807) is 0 Å². The molecule has 0 saturated carbocycles. The van der Waals surface area contributed by atoms with Crippen LogP contribution in [-0.4, -0.2) is 36.8 Å². The normalized spacial score (nSPS) is 37.7. The Morgan fingerprint density at radius 2 is 2.33 bits per heavy atom. The molecule has 9 heavy (non-hydrogen) atoms. The van der Waals surface area contributed by atoms with Gasteiger partial charge >= 0.3 is 0 Å². The van der Waals surface area contributed by atoms with Gasteiger partial charge in [0.15, 0.2) is 0 Å². The number of aliphatic hydroxyl groups is 1. The van der Waals surface area contributed by atoms with E-state index >= 15 is 0 Å². The average Bonchev–Trinajstić information content (AvgIpc) is 2.13. The van der Waals surface area contributed by atoms with Crippen molar-refractivity contribution in [1.82, 2.24) is 4.90 Å². The second-order valence-electron chi connectivity index (χ2n) is 3.46. The van der Waals surface area contributed by atoms with E-state index in [2.05, 4.69) is 18.9 Å². The van der Waals surface area contributed by atoms with Crippen molar-refractivity contribution in [2.45, 2.75) is 13.3 Å². The number of rotatable bonds is 1. The first-order chi connectivity index (χ1) is 4.16. The smallest absolute Gasteiger partial charge is 0.0497 e. The molecule has 0 bridgehead atoms. The van der Waals surface area contributed by atoms with Crippen molar-refractivity contribution in [1.29, 1.82) is 0 Å². The molecule has 1 aliphatic rings. The van der Waals surface area contributed by atoms with E-state index in [1.807, 2.05) is 0 Å². The molecule has 1 fully saturated rings. The average molecular weight is 129 g/mol. The van der Waals surface area contributed by atoms with Crippen LogP contribution in [-0.2, 0) is 0 Å². The highest BCUT2D eigenvalue weighted by molar-refractivity contribution is 4.83. The molecular formula is C7H15NO. The standard InChI is InChI=1S/C7H15NO/c1-7(6-9)3-4-8(2)5-7/h9H,3-6H2,1-2H3. The summed E-state index contributed by atoms with van der Waals surface area (Å²) in [6.07, 6.45) is 1.14. The molecule has 2 nitrogen and oxygen atoms in total. The fourth-order valence-electron chi connectivity index (χ4n) is 1.40. The quantitative estimate of drug-likeness (QED) is 0.551. The predicted octanol–water partition coefficient (Wildman–Crippen LogP) is 0.321. The highest BCUT2D eigenvalue weighted by Gasteiger charge is 2.30. The van der Waals surface area contributed by atoms with Gasteiger partial charge in [0.1, 0.15) is 0 Å². The van der Waals surface area contributed by atoms with Gasteiger partial charge in [0.25, 0.3) is 0 Å². The zero-order chi connectivity index (χ0) is 6.91. The van der Waals surface area contributed by atoms with E-state index < -0.39 is 0 Å². The molecule has 0 radical (unpaired) electrons. The number of hydrogen-bond acceptors (Lipinski definition) is 2. The molecule has 1 aliphatic heterocycles. The van der Waals surface area contributed by atoms with Crippen molar-refractivity contribution in [3.05, 3.63) is 0 Å². The van der Waals surface area contributed by atoms with Gasteiger partial charge in [-0.2, -0.15) is 0 Å². The highest BCUT2D eigenvalue weighted by Crippen LogP contribution is 2.27. The van der Waals surface area contributed by atoms with Crippen molar-refractivity contribution in [3.8, 4) is 0 Å². The van der Waals surface area contributed by atoms with Gasteiger partial charge in [-0.05, 0) is 20.0 Å². The second kappa shape index (κ2) is 2.27. The highest BCUT2D eigenvalue weighted by atomic mass is 16.3. The Morgan fingerprint density at radius 1 is 1.67 bits per heavy atom. The van der Waals surface area contributed by atoms with Crippen LogP contribution in [0.15, 0.2) is 0 Å². The summed E-state index contributed by atoms with van der Waals surface area (Å²) in [4.78, 5) is 2.26. The van der Waals surface area contributed by atoms with Crippen LogP contribution in [0.4, 0.5) is 0 Å². The fourth-order valence-corrected chi connectivity index (χ4v) is 1.40. The van der Waals surface area contributed by atoms with Crippen LogP contribution >= 0.6 is 0 Å². The summed E-state index contributed by atoms with van der Waals surface area (Å²) in [5.74, 6) is 0. The maximum atomic E-state index is 8.92. The van der Waals surface area contributed by atoms with E-state index in [9.17, 15) is 0 Å². The summed E-state index contributed by atoms with van der Waals surface area (Å²) in [5, 5.41) is 8.92. The maximum absolute atomic E-state index is 8.92. The first kappa shape index (κ1) is 7.03. The summed E-state index contributed by atoms with van der Waals surface area (Å²) in [6.45, 7) is 4.65. The van der Waals surface area contributed by atoms with Crippen LogP contribution in [0.5, 0.6) is 0 Å². The van der Waals surface area contributed by atoms with Crippen molar-refractivity contribution < 1.29 is 5.11 Å². The Labute approximate surface area is 56.5 Å². The van der Waals surface area contributed by atoms with Gasteiger partial charge in [0.05, 0.1) is 0 Å². The van der Waals surface area contributed by atoms with Crippen LogP contribution in [0.2, 0.25) is 0 Å². The second-order valence-corrected chi connectivity index (χ2v) is 3.46. The number of hydrogen-bond donors (Lipinski definition) is 1. The van der Waals surface area contributed by atoms with Crippen LogP contribution in [0.25, 0.3) is 0 Å². The molecule has 0 aromatic carbocycles. The lowest BCUT2D eigenvalue weighted by Gasteiger charge is -2.19. The minimum atomic E-state index is 0.189. The van der Waals surface area contributed by atoms with Gasteiger partial charge in [0.2, 0.25) is 0 Å². The topological polar surface area (TPSA) is 23.5 Å². The molecule has 54 valence electrons. The lowest BCUT2D eigenvalue weighted by molar-refractivity contribution is 0.150. The SMILES string of the molecule is CN1CCC(C)(CO)C1. The summed E-state index contributed by atoms with van der Waals surface area (Å²) >= 11 is 0. The summed E-state index contributed by atoms with van der Waals surface area (Å²) < 4.78 is 0. The molecule has 0 aromatic heterocycles. The molecule has 1 rings (SSSR count). The Morgan fingerprint density at radius 3 is 2.56 bits per heavy atom. The van der Waals surface area contributed by atoms with E-state index in [4.69, 9.17) is 5.11 Å². The van der Waals surface area contributed by atoms with Gasteiger partial charge in [0, 0.05) is 18.6 Å². The van der Waals surface area contributed by atoms with E-state index in [0.29, 0.717) is 6.61 Å². The molecule has 1 unspecified atom stereocenters. The molecule has 0 aromatic rings. The van der Waals surface area contributed by atoms with Crippen LogP contribution in [0.3, 0.4) is 0 Å². The molecule has 0 aliphatic carbocycles. The Kier molecular flexibility index (Phi) is 1.78. The first-order valence-corrected chi connectivity index (χ1v) is 3.46. The van der Waals surface area contributed by atoms with Crippen molar-refractivity contribution in [2.75, 3.05) is 26.7 Å². The number of likely N-dealkylation sites (tertiary alicyclic amines) is 1.